The van der Waals surface area contributed by atoms with Crippen LogP contribution < -0.4 is 4.74 Å². The summed E-state index contributed by atoms with van der Waals surface area (Å²) in [7, 11) is 0. The maximum Gasteiger partial charge on any atom is 0.160 e. The van der Waals surface area contributed by atoms with E-state index in [4.69, 9.17) is 9.73 Å². The van der Waals surface area contributed by atoms with Gasteiger partial charge in [-0.05, 0) is 43.2 Å². The van der Waals surface area contributed by atoms with Gasteiger partial charge in [0.1, 0.15) is 11.8 Å². The van der Waals surface area contributed by atoms with Crippen molar-refractivity contribution >= 4 is 16.9 Å². The highest BCUT2D eigenvalue weighted by Gasteiger charge is 2.45. The van der Waals surface area contributed by atoms with Gasteiger partial charge >= 0.3 is 0 Å². The van der Waals surface area contributed by atoms with Crippen LogP contribution in [0, 0.1) is 0 Å². The van der Waals surface area contributed by atoms with Crippen molar-refractivity contribution in [3.05, 3.63) is 59.9 Å². The standard InChI is InChI=1S/C20H23N3OS/c1-3-15-13-25-20-22-18(17-7-5-6-12-21-17)19(23(15)20)14-8-10-16(11-9-14)24-4-2/h5-12,15,18-19H,3-4,13H2,1-2H3/t15-,18-,19-/m1/s1. The number of aliphatic imine (C=N–C) groups is 1. The molecule has 1 aromatic heterocycles. The lowest BCUT2D eigenvalue weighted by molar-refractivity contribution is 0.255. The van der Waals surface area contributed by atoms with E-state index in [1.165, 1.54) is 10.7 Å². The number of fused-ring (bicyclic) bond motifs is 1. The highest BCUT2D eigenvalue weighted by Crippen LogP contribution is 2.48. The fraction of sp³-hybridized carbons (Fsp3) is 0.400. The Bertz CT molecular complexity index is 747. The summed E-state index contributed by atoms with van der Waals surface area (Å²) < 4.78 is 5.61. The van der Waals surface area contributed by atoms with Crippen LogP contribution in [0.4, 0.5) is 0 Å². The molecule has 1 aromatic carbocycles. The molecule has 0 aliphatic carbocycles. The molecule has 0 N–H and O–H groups in total. The van der Waals surface area contributed by atoms with Crippen molar-refractivity contribution in [3.63, 3.8) is 0 Å². The molecule has 1 fully saturated rings. The molecule has 0 unspecified atom stereocenters. The van der Waals surface area contributed by atoms with E-state index in [1.807, 2.05) is 37.0 Å². The first-order valence-electron chi connectivity index (χ1n) is 8.94. The van der Waals surface area contributed by atoms with Crippen molar-refractivity contribution in [2.45, 2.75) is 38.4 Å². The molecule has 3 atom stereocenters. The number of hydrogen-bond donors (Lipinski definition) is 0. The third-order valence-electron chi connectivity index (χ3n) is 4.86. The molecule has 4 nitrogen and oxygen atoms in total. The number of thioether (sulfide) groups is 1. The lowest BCUT2D eigenvalue weighted by Crippen LogP contribution is -2.35. The zero-order valence-electron chi connectivity index (χ0n) is 14.6. The predicted octanol–water partition coefficient (Wildman–Crippen LogP) is 4.46. The van der Waals surface area contributed by atoms with Gasteiger partial charge in [-0.2, -0.15) is 0 Å². The van der Waals surface area contributed by atoms with Crippen LogP contribution in [0.1, 0.15) is 43.6 Å². The zero-order valence-corrected chi connectivity index (χ0v) is 15.4. The third kappa shape index (κ3) is 3.01. The molecule has 2 aromatic rings. The van der Waals surface area contributed by atoms with E-state index in [2.05, 4.69) is 47.1 Å². The molecule has 4 rings (SSSR count). The van der Waals surface area contributed by atoms with Crippen molar-refractivity contribution in [1.29, 1.82) is 0 Å². The molecule has 130 valence electrons. The number of aromatic nitrogens is 1. The average molecular weight is 353 g/mol. The van der Waals surface area contributed by atoms with Gasteiger partial charge in [0.05, 0.1) is 18.3 Å². The Labute approximate surface area is 153 Å². The second kappa shape index (κ2) is 7.08. The number of rotatable bonds is 5. The summed E-state index contributed by atoms with van der Waals surface area (Å²) >= 11 is 1.88. The van der Waals surface area contributed by atoms with Gasteiger partial charge in [0.15, 0.2) is 5.17 Å². The van der Waals surface area contributed by atoms with Crippen LogP contribution in [0.3, 0.4) is 0 Å². The predicted molar refractivity (Wildman–Crippen MR) is 103 cm³/mol. The first kappa shape index (κ1) is 16.5. The van der Waals surface area contributed by atoms with Crippen LogP contribution in [-0.4, -0.2) is 33.5 Å². The number of pyridine rings is 1. The molecule has 0 saturated carbocycles. The van der Waals surface area contributed by atoms with Gasteiger partial charge < -0.3 is 9.64 Å². The maximum atomic E-state index is 5.61. The minimum atomic E-state index is 0.0518. The Morgan fingerprint density at radius 3 is 2.68 bits per heavy atom. The van der Waals surface area contributed by atoms with Crippen LogP contribution in [0.5, 0.6) is 5.75 Å². The smallest absolute Gasteiger partial charge is 0.160 e. The normalized spacial score (nSPS) is 25.0. The highest BCUT2D eigenvalue weighted by molar-refractivity contribution is 8.14. The van der Waals surface area contributed by atoms with Gasteiger partial charge in [-0.15, -0.1) is 0 Å². The molecule has 0 amide bonds. The van der Waals surface area contributed by atoms with Gasteiger partial charge in [-0.25, -0.2) is 0 Å². The third-order valence-corrected chi connectivity index (χ3v) is 5.99. The first-order chi connectivity index (χ1) is 12.3. The average Bonchev–Trinajstić information content (AvgIpc) is 3.22. The second-order valence-corrected chi connectivity index (χ2v) is 7.33. The van der Waals surface area contributed by atoms with E-state index in [9.17, 15) is 0 Å². The molecule has 0 spiro atoms. The van der Waals surface area contributed by atoms with Crippen LogP contribution in [0.15, 0.2) is 53.7 Å². The van der Waals surface area contributed by atoms with Crippen molar-refractivity contribution < 1.29 is 4.74 Å². The number of benzene rings is 1. The largest absolute Gasteiger partial charge is 0.494 e. The molecule has 0 bridgehead atoms. The van der Waals surface area contributed by atoms with Crippen molar-refractivity contribution in [3.8, 4) is 5.75 Å². The van der Waals surface area contributed by atoms with Crippen LogP contribution in [0.2, 0.25) is 0 Å². The van der Waals surface area contributed by atoms with Gasteiger partial charge in [0.25, 0.3) is 0 Å². The first-order valence-corrected chi connectivity index (χ1v) is 9.93. The summed E-state index contributed by atoms with van der Waals surface area (Å²) in [5.74, 6) is 2.04. The summed E-state index contributed by atoms with van der Waals surface area (Å²) in [5, 5.41) is 1.17. The number of ether oxygens (including phenoxy) is 1. The fourth-order valence-electron chi connectivity index (χ4n) is 3.64. The summed E-state index contributed by atoms with van der Waals surface area (Å²) in [6.07, 6.45) is 2.99. The van der Waals surface area contributed by atoms with Crippen LogP contribution in [-0.2, 0) is 0 Å². The van der Waals surface area contributed by atoms with E-state index in [1.54, 1.807) is 0 Å². The Kier molecular flexibility index (Phi) is 4.66. The molecular weight excluding hydrogens is 330 g/mol. The van der Waals surface area contributed by atoms with Gasteiger partial charge in [0.2, 0.25) is 0 Å². The quantitative estimate of drug-likeness (QED) is 0.795. The van der Waals surface area contributed by atoms with Gasteiger partial charge in [-0.3, -0.25) is 9.98 Å². The van der Waals surface area contributed by atoms with E-state index in [0.29, 0.717) is 12.6 Å². The second-order valence-electron chi connectivity index (χ2n) is 6.34. The lowest BCUT2D eigenvalue weighted by atomic mass is 9.95. The van der Waals surface area contributed by atoms with Gasteiger partial charge in [-0.1, -0.05) is 36.9 Å². The molecule has 2 aliphatic heterocycles. The maximum absolute atomic E-state index is 5.61. The summed E-state index contributed by atoms with van der Waals surface area (Å²) in [5.41, 5.74) is 2.32. The Morgan fingerprint density at radius 2 is 2.00 bits per heavy atom. The number of hydrogen-bond acceptors (Lipinski definition) is 5. The number of nitrogens with zero attached hydrogens (tertiary/aromatic N) is 3. The van der Waals surface area contributed by atoms with Crippen LogP contribution >= 0.6 is 11.8 Å². The Balaban J connectivity index is 1.72. The monoisotopic (exact) mass is 353 g/mol. The van der Waals surface area contributed by atoms with E-state index in [-0.39, 0.29) is 12.1 Å². The Hall–Kier alpha value is -2.01. The SMILES string of the molecule is CCOc1ccc([C@@H]2[C@@H](c3ccccn3)N=C3SC[C@@H](CC)N32)cc1. The molecular formula is C20H23N3OS. The molecule has 1 saturated heterocycles. The van der Waals surface area contributed by atoms with Crippen molar-refractivity contribution in [1.82, 2.24) is 9.88 Å². The number of amidine groups is 1. The highest BCUT2D eigenvalue weighted by atomic mass is 32.2. The molecule has 5 heteroatoms. The topological polar surface area (TPSA) is 37.7 Å². The summed E-state index contributed by atoms with van der Waals surface area (Å²) in [6, 6.07) is 15.4. The van der Waals surface area contributed by atoms with Gasteiger partial charge in [0, 0.05) is 18.0 Å². The summed E-state index contributed by atoms with van der Waals surface area (Å²) in [6.45, 7) is 4.96. The molecule has 25 heavy (non-hydrogen) atoms. The minimum absolute atomic E-state index is 0.0518. The lowest BCUT2D eigenvalue weighted by Gasteiger charge is -2.32. The van der Waals surface area contributed by atoms with Crippen LogP contribution in [0.25, 0.3) is 0 Å². The van der Waals surface area contributed by atoms with E-state index >= 15 is 0 Å². The Morgan fingerprint density at radius 1 is 1.16 bits per heavy atom. The van der Waals surface area contributed by atoms with E-state index in [0.717, 1.165) is 23.6 Å². The zero-order chi connectivity index (χ0) is 17.2. The minimum Gasteiger partial charge on any atom is -0.494 e. The fourth-order valence-corrected chi connectivity index (χ4v) is 4.98. The van der Waals surface area contributed by atoms with Crippen molar-refractivity contribution in [2.24, 2.45) is 4.99 Å². The molecule has 2 aliphatic rings. The van der Waals surface area contributed by atoms with E-state index < -0.39 is 0 Å². The molecule has 0 radical (unpaired) electrons. The van der Waals surface area contributed by atoms with Crippen molar-refractivity contribution in [2.75, 3.05) is 12.4 Å². The summed E-state index contributed by atoms with van der Waals surface area (Å²) in [4.78, 5) is 12.2. The molecule has 3 heterocycles.